The van der Waals surface area contributed by atoms with E-state index < -0.39 is 17.4 Å². The van der Waals surface area contributed by atoms with Gasteiger partial charge in [0.25, 0.3) is 5.56 Å². The molecule has 192 valence electrons. The van der Waals surface area contributed by atoms with Crippen molar-refractivity contribution < 1.29 is 14.6 Å². The van der Waals surface area contributed by atoms with E-state index in [1.54, 1.807) is 31.4 Å². The quantitative estimate of drug-likeness (QED) is 0.197. The largest absolute Gasteiger partial charge is 0.497 e. The first kappa shape index (κ1) is 25.9. The lowest BCUT2D eigenvalue weighted by Crippen LogP contribution is -2.30. The number of imidazole rings is 1. The van der Waals surface area contributed by atoms with Crippen LogP contribution in [-0.4, -0.2) is 50.2 Å². The van der Waals surface area contributed by atoms with Crippen LogP contribution in [0.15, 0.2) is 73.8 Å². The van der Waals surface area contributed by atoms with Crippen LogP contribution >= 0.6 is 15.9 Å². The first-order chi connectivity index (χ1) is 17.9. The summed E-state index contributed by atoms with van der Waals surface area (Å²) in [5, 5.41) is 14.9. The third-order valence-corrected chi connectivity index (χ3v) is 5.79. The average Bonchev–Trinajstić information content (AvgIpc) is 3.25. The maximum Gasteiger partial charge on any atom is 0.329 e. The van der Waals surface area contributed by atoms with Crippen LogP contribution in [0.25, 0.3) is 17.2 Å². The van der Waals surface area contributed by atoms with Crippen LogP contribution in [0.3, 0.4) is 0 Å². The number of halogens is 1. The lowest BCUT2D eigenvalue weighted by Gasteiger charge is -2.15. The number of rotatable bonds is 10. The summed E-state index contributed by atoms with van der Waals surface area (Å²) in [6, 6.07) is 16.6. The van der Waals surface area contributed by atoms with Gasteiger partial charge in [-0.05, 0) is 51.8 Å². The fourth-order valence-electron chi connectivity index (χ4n) is 3.52. The summed E-state index contributed by atoms with van der Waals surface area (Å²) in [5.41, 5.74) is 2.81. The van der Waals surface area contributed by atoms with Gasteiger partial charge in [-0.15, -0.1) is 0 Å². The van der Waals surface area contributed by atoms with Crippen molar-refractivity contribution in [2.75, 3.05) is 19.1 Å². The van der Waals surface area contributed by atoms with Crippen molar-refractivity contribution in [2.24, 2.45) is 12.1 Å². The molecule has 2 aromatic carbocycles. The highest BCUT2D eigenvalue weighted by atomic mass is 79.9. The number of benzene rings is 2. The second-order valence-electron chi connectivity index (χ2n) is 7.99. The van der Waals surface area contributed by atoms with Gasteiger partial charge in [-0.1, -0.05) is 30.3 Å². The molecule has 0 spiro atoms. The Hall–Kier alpha value is -4.16. The summed E-state index contributed by atoms with van der Waals surface area (Å²) in [5.74, 6) is 1.40. The van der Waals surface area contributed by atoms with Gasteiger partial charge >= 0.3 is 5.69 Å². The molecular formula is C25H25BrN6O5. The summed E-state index contributed by atoms with van der Waals surface area (Å²) >= 11 is 3.45. The molecule has 3 N–H and O–H groups in total. The number of aliphatic hydroxyl groups excluding tert-OH is 1. The third kappa shape index (κ3) is 6.35. The van der Waals surface area contributed by atoms with E-state index in [4.69, 9.17) is 9.47 Å². The van der Waals surface area contributed by atoms with Gasteiger partial charge in [0.2, 0.25) is 5.95 Å². The molecule has 0 radical (unpaired) electrons. The number of hydrazone groups is 1. The molecule has 0 aliphatic rings. The Morgan fingerprint density at radius 2 is 1.89 bits per heavy atom. The zero-order chi connectivity index (χ0) is 26.4. The number of H-pyrrole nitrogens is 1. The van der Waals surface area contributed by atoms with Crippen molar-refractivity contribution in [3.63, 3.8) is 0 Å². The lowest BCUT2D eigenvalue weighted by atomic mass is 10.2. The molecular weight excluding hydrogens is 544 g/mol. The molecule has 4 aromatic rings. The van der Waals surface area contributed by atoms with Crippen molar-refractivity contribution in [1.29, 1.82) is 0 Å². The van der Waals surface area contributed by atoms with Crippen LogP contribution in [0, 0.1) is 0 Å². The minimum absolute atomic E-state index is 0.0488. The van der Waals surface area contributed by atoms with E-state index in [-0.39, 0.29) is 30.3 Å². The van der Waals surface area contributed by atoms with E-state index in [2.05, 4.69) is 36.4 Å². The highest BCUT2D eigenvalue weighted by molar-refractivity contribution is 9.12. The normalized spacial score (nSPS) is 12.7. The van der Waals surface area contributed by atoms with Crippen LogP contribution in [-0.2, 0) is 13.6 Å². The molecule has 0 amide bonds. The second-order valence-corrected chi connectivity index (χ2v) is 8.90. The number of hydrogen-bond acceptors (Lipinski definition) is 8. The van der Waals surface area contributed by atoms with Crippen molar-refractivity contribution in [3.05, 3.63) is 85.5 Å². The number of methoxy groups -OCH3 is 1. The number of anilines is 1. The number of hydrogen-bond donors (Lipinski definition) is 3. The monoisotopic (exact) mass is 568 g/mol. The Morgan fingerprint density at radius 1 is 1.19 bits per heavy atom. The Bertz CT molecular complexity index is 1540. The number of aromatic amines is 1. The fourth-order valence-corrected chi connectivity index (χ4v) is 3.89. The number of allylic oxidation sites excluding steroid dienone is 1. The van der Waals surface area contributed by atoms with E-state index >= 15 is 0 Å². The highest BCUT2D eigenvalue weighted by Gasteiger charge is 2.20. The number of aryl methyl sites for hydroxylation is 1. The molecule has 4 rings (SSSR count). The first-order valence-corrected chi connectivity index (χ1v) is 12.0. The molecule has 12 heteroatoms. The van der Waals surface area contributed by atoms with Gasteiger partial charge in [0, 0.05) is 11.5 Å². The molecule has 1 atom stereocenters. The molecule has 0 aliphatic heterocycles. The summed E-state index contributed by atoms with van der Waals surface area (Å²) in [4.78, 5) is 31.4. The fraction of sp³-hybridized carbons (Fsp3) is 0.200. The molecule has 2 aromatic heterocycles. The van der Waals surface area contributed by atoms with Crippen LogP contribution < -0.4 is 26.1 Å². The van der Waals surface area contributed by atoms with Gasteiger partial charge in [0.15, 0.2) is 11.2 Å². The standard InChI is InChI=1S/C25H25BrN6O5/c1-31-22-21(23(34)29-25(31)35)32(14-18(33)15-37-20-10-8-19(36-2)9-11-20)24(28-22)30-27-13-17(26)12-16-6-4-3-5-7-16/h3-13,18,33H,14-15H2,1-2H3,(H,28,30)(H,29,34,35)/b17-12-,27-13+/t18-/m1/s1. The smallest absolute Gasteiger partial charge is 0.329 e. The molecule has 0 saturated heterocycles. The molecule has 0 aliphatic carbocycles. The van der Waals surface area contributed by atoms with Crippen LogP contribution in [0.4, 0.5) is 5.95 Å². The van der Waals surface area contributed by atoms with Crippen LogP contribution in [0.5, 0.6) is 11.5 Å². The summed E-state index contributed by atoms with van der Waals surface area (Å²) in [7, 11) is 3.06. The van der Waals surface area contributed by atoms with E-state index in [9.17, 15) is 14.7 Å². The Balaban J connectivity index is 1.56. The number of fused-ring (bicyclic) bond motifs is 1. The molecule has 0 unspecified atom stereocenters. The van der Waals surface area contributed by atoms with E-state index in [1.807, 2.05) is 36.4 Å². The minimum Gasteiger partial charge on any atom is -0.497 e. The Kier molecular flexibility index (Phi) is 8.21. The zero-order valence-corrected chi connectivity index (χ0v) is 21.7. The number of aliphatic hydroxyl groups is 1. The Morgan fingerprint density at radius 3 is 2.59 bits per heavy atom. The third-order valence-electron chi connectivity index (χ3n) is 5.36. The Labute approximate surface area is 219 Å². The van der Waals surface area contributed by atoms with Gasteiger partial charge in [-0.25, -0.2) is 10.2 Å². The number of aromatic nitrogens is 4. The molecule has 0 saturated carbocycles. The molecule has 2 heterocycles. The topological polar surface area (TPSA) is 136 Å². The van der Waals surface area contributed by atoms with Gasteiger partial charge in [-0.3, -0.25) is 14.3 Å². The number of nitrogens with zero attached hydrogens (tertiary/aromatic N) is 4. The lowest BCUT2D eigenvalue weighted by molar-refractivity contribution is 0.0938. The SMILES string of the molecule is COc1ccc(OC[C@H](O)Cn2c(N/N=C/C(Br)=C/c3ccccc3)nc3c2c(=O)[nH]c(=O)n3C)cc1. The summed E-state index contributed by atoms with van der Waals surface area (Å²) in [6.07, 6.45) is 2.40. The van der Waals surface area contributed by atoms with Crippen molar-refractivity contribution in [3.8, 4) is 11.5 Å². The van der Waals surface area contributed by atoms with Gasteiger partial charge in [-0.2, -0.15) is 10.1 Å². The molecule has 0 bridgehead atoms. The molecule has 37 heavy (non-hydrogen) atoms. The van der Waals surface area contributed by atoms with Gasteiger partial charge in [0.05, 0.1) is 19.9 Å². The summed E-state index contributed by atoms with van der Waals surface area (Å²) < 4.78 is 14.2. The summed E-state index contributed by atoms with van der Waals surface area (Å²) in [6.45, 7) is -0.101. The van der Waals surface area contributed by atoms with Crippen molar-refractivity contribution in [2.45, 2.75) is 12.6 Å². The predicted molar refractivity (Wildman–Crippen MR) is 146 cm³/mol. The average molecular weight is 569 g/mol. The zero-order valence-electron chi connectivity index (χ0n) is 20.1. The number of ether oxygens (including phenoxy) is 2. The second kappa shape index (κ2) is 11.7. The van der Waals surface area contributed by atoms with Crippen LogP contribution in [0.1, 0.15) is 5.56 Å². The molecule has 0 fully saturated rings. The van der Waals surface area contributed by atoms with E-state index in [1.165, 1.54) is 22.4 Å². The van der Waals surface area contributed by atoms with Gasteiger partial charge < -0.3 is 19.1 Å². The van der Waals surface area contributed by atoms with Crippen molar-refractivity contribution >= 4 is 45.3 Å². The first-order valence-electron chi connectivity index (χ1n) is 11.2. The van der Waals surface area contributed by atoms with Crippen molar-refractivity contribution in [1.82, 2.24) is 19.1 Å². The molecule has 11 nitrogen and oxygen atoms in total. The minimum atomic E-state index is -1.01. The number of nitrogens with one attached hydrogen (secondary N) is 2. The van der Waals surface area contributed by atoms with E-state index in [0.717, 1.165) is 5.56 Å². The maximum atomic E-state index is 12.7. The predicted octanol–water partition coefficient (Wildman–Crippen LogP) is 2.71. The highest BCUT2D eigenvalue weighted by Crippen LogP contribution is 2.19. The van der Waals surface area contributed by atoms with Crippen LogP contribution in [0.2, 0.25) is 0 Å². The van der Waals surface area contributed by atoms with E-state index in [0.29, 0.717) is 16.0 Å². The maximum absolute atomic E-state index is 12.7. The van der Waals surface area contributed by atoms with Gasteiger partial charge in [0.1, 0.15) is 24.2 Å².